The van der Waals surface area contributed by atoms with Gasteiger partial charge in [-0.15, -0.1) is 24.2 Å². The normalized spacial score (nSPS) is 10.6. The van der Waals surface area contributed by atoms with Crippen molar-refractivity contribution in [1.82, 2.24) is 0 Å². The first-order valence-corrected chi connectivity index (χ1v) is 18.7. The van der Waals surface area contributed by atoms with E-state index in [1.807, 2.05) is 0 Å². The third-order valence-electron chi connectivity index (χ3n) is 0.512. The van der Waals surface area contributed by atoms with E-state index in [1.165, 1.54) is 0 Å². The average Bonchev–Trinajstić information content (AvgIpc) is 1.94. The summed E-state index contributed by atoms with van der Waals surface area (Å²) in [7, 11) is -2.58. The number of rotatable bonds is 2. The molecule has 0 fully saturated rings. The molecule has 0 spiro atoms. The molecule has 0 heterocycles. The van der Waals surface area contributed by atoms with Crippen molar-refractivity contribution in [2.45, 2.75) is 78.7 Å². The van der Waals surface area contributed by atoms with Gasteiger partial charge in [0, 0.05) is 6.61 Å². The van der Waals surface area contributed by atoms with Gasteiger partial charge in [0.1, 0.15) is 0 Å². The van der Waals surface area contributed by atoms with E-state index in [-0.39, 0.29) is 21.7 Å². The SMILES string of the molecule is CCCCO.[CH2-][Si](C)(C)C.[CH2-][Si](C)(C)C.[CH2-][Si](C)(C)C.[Ti+3]. The van der Waals surface area contributed by atoms with Crippen molar-refractivity contribution >= 4 is 24.2 Å². The third kappa shape index (κ3) is 720. The summed E-state index contributed by atoms with van der Waals surface area (Å²) in [5.74, 6) is 0. The Bertz CT molecular complexity index is 131. The van der Waals surface area contributed by atoms with Crippen molar-refractivity contribution in [2.24, 2.45) is 0 Å². The topological polar surface area (TPSA) is 20.2 Å². The summed E-state index contributed by atoms with van der Waals surface area (Å²) >= 11 is 0. The van der Waals surface area contributed by atoms with E-state index in [4.69, 9.17) is 5.11 Å². The Labute approximate surface area is 155 Å². The van der Waals surface area contributed by atoms with Crippen LogP contribution in [0.25, 0.3) is 0 Å². The molecule has 1 nitrogen and oxygen atoms in total. The van der Waals surface area contributed by atoms with Crippen LogP contribution in [0, 0.1) is 19.6 Å². The van der Waals surface area contributed by atoms with Crippen LogP contribution < -0.4 is 0 Å². The molecular weight excluding hydrogens is 340 g/mol. The fourth-order valence-corrected chi connectivity index (χ4v) is 0.158. The fourth-order valence-electron chi connectivity index (χ4n) is 0.158. The number of aliphatic hydroxyl groups excluding tert-OH is 1. The molecule has 0 unspecified atom stereocenters. The second-order valence-corrected chi connectivity index (χ2v) is 24.1. The first-order chi connectivity index (χ1) is 8.41. The van der Waals surface area contributed by atoms with Crippen molar-refractivity contribution in [2.75, 3.05) is 6.61 Å². The second kappa shape index (κ2) is 17.7. The first kappa shape index (κ1) is 33.8. The van der Waals surface area contributed by atoms with Crippen LogP contribution in [-0.4, -0.2) is 35.9 Å². The number of aliphatic hydroxyl groups is 1. The molecule has 129 valence electrons. The quantitative estimate of drug-likeness (QED) is 0.467. The summed E-state index contributed by atoms with van der Waals surface area (Å²) in [6, 6.07) is 0. The van der Waals surface area contributed by atoms with Crippen LogP contribution >= 0.6 is 0 Å². The molecule has 0 aromatic carbocycles. The van der Waals surface area contributed by atoms with Gasteiger partial charge in [0.25, 0.3) is 0 Å². The molecule has 0 rings (SSSR count). The summed E-state index contributed by atoms with van der Waals surface area (Å²) in [5.41, 5.74) is 0. The standard InChI is InChI=1S/C4H10O.3C4H11Si.Ti/c1-2-3-4-5;3*1-5(2,3)4;/h5H,2-4H2,1H3;3*1H2,2-4H3;/q;3*-1;+3. The van der Waals surface area contributed by atoms with Crippen LogP contribution in [0.3, 0.4) is 0 Å². The second-order valence-electron chi connectivity index (χ2n) is 8.76. The van der Waals surface area contributed by atoms with Gasteiger partial charge in [0.2, 0.25) is 0 Å². The van der Waals surface area contributed by atoms with E-state index in [0.29, 0.717) is 6.61 Å². The predicted molar refractivity (Wildman–Crippen MR) is 108 cm³/mol. The molecule has 0 saturated heterocycles. The van der Waals surface area contributed by atoms with Gasteiger partial charge in [-0.3, -0.25) is 0 Å². The van der Waals surface area contributed by atoms with E-state index in [2.05, 4.69) is 85.5 Å². The van der Waals surface area contributed by atoms with Gasteiger partial charge in [0.05, 0.1) is 0 Å². The molecule has 0 saturated carbocycles. The molecule has 0 aliphatic heterocycles. The predicted octanol–water partition coefficient (Wildman–Crippen LogP) is 5.87. The van der Waals surface area contributed by atoms with Crippen molar-refractivity contribution in [3.63, 3.8) is 0 Å². The smallest absolute Gasteiger partial charge is 0.396 e. The molecule has 0 bridgehead atoms. The van der Waals surface area contributed by atoms with Crippen LogP contribution in [0.4, 0.5) is 0 Å². The molecule has 1 N–H and O–H groups in total. The van der Waals surface area contributed by atoms with Gasteiger partial charge in [-0.05, 0) is 6.42 Å². The van der Waals surface area contributed by atoms with Gasteiger partial charge in [-0.2, -0.15) is 0 Å². The fraction of sp³-hybridized carbons (Fsp3) is 0.812. The Kier molecular flexibility index (Phi) is 28.5. The van der Waals surface area contributed by atoms with Gasteiger partial charge >= 0.3 is 21.7 Å². The minimum atomic E-state index is -0.861. The number of unbranched alkanes of at least 4 members (excludes halogenated alkanes) is 1. The Balaban J connectivity index is -0.0000000533. The maximum atomic E-state index is 8.07. The Morgan fingerprint density at radius 3 is 0.810 bits per heavy atom. The Morgan fingerprint density at radius 2 is 0.810 bits per heavy atom. The summed E-state index contributed by atoms with van der Waals surface area (Å²) in [5, 5.41) is 8.07. The Morgan fingerprint density at radius 1 is 0.667 bits per heavy atom. The zero-order valence-corrected chi connectivity index (χ0v) is 21.3. The molecular formula is C16H43OSi3Ti. The Hall–Kier alpha value is 1.32. The van der Waals surface area contributed by atoms with Crippen LogP contribution in [0.1, 0.15) is 19.8 Å². The van der Waals surface area contributed by atoms with E-state index < -0.39 is 24.2 Å². The van der Waals surface area contributed by atoms with E-state index in [9.17, 15) is 0 Å². The minimum Gasteiger partial charge on any atom is -0.396 e. The van der Waals surface area contributed by atoms with Gasteiger partial charge in [-0.25, -0.2) is 0 Å². The third-order valence-corrected chi connectivity index (χ3v) is 0.512. The summed E-state index contributed by atoms with van der Waals surface area (Å²) in [6.45, 7) is 34.1. The van der Waals surface area contributed by atoms with Crippen molar-refractivity contribution in [3.8, 4) is 0 Å². The zero-order valence-electron chi connectivity index (χ0n) is 16.7. The first-order valence-electron chi connectivity index (χ1n) is 7.58. The molecule has 0 atom stereocenters. The molecule has 5 heteroatoms. The molecule has 0 aliphatic carbocycles. The molecule has 0 aromatic heterocycles. The molecule has 0 aromatic rings. The minimum absolute atomic E-state index is 0. The van der Waals surface area contributed by atoms with Crippen molar-refractivity contribution in [3.05, 3.63) is 19.6 Å². The van der Waals surface area contributed by atoms with E-state index in [1.54, 1.807) is 0 Å². The molecule has 0 aliphatic rings. The summed E-state index contributed by atoms with van der Waals surface area (Å²) in [6.07, 6.45) is 2.04. The average molecular weight is 384 g/mol. The van der Waals surface area contributed by atoms with Crippen LogP contribution in [0.2, 0.25) is 58.9 Å². The van der Waals surface area contributed by atoms with E-state index >= 15 is 0 Å². The molecule has 21 heavy (non-hydrogen) atoms. The van der Waals surface area contributed by atoms with Crippen molar-refractivity contribution < 1.29 is 26.8 Å². The zero-order chi connectivity index (χ0) is 17.6. The maximum Gasteiger partial charge on any atom is 3.00 e. The van der Waals surface area contributed by atoms with E-state index in [0.717, 1.165) is 12.8 Å². The summed E-state index contributed by atoms with van der Waals surface area (Å²) < 4.78 is 0. The maximum absolute atomic E-state index is 8.07. The van der Waals surface area contributed by atoms with Gasteiger partial charge in [-0.1, -0.05) is 72.3 Å². The number of hydrogen-bond donors (Lipinski definition) is 1. The van der Waals surface area contributed by atoms with Crippen LogP contribution in [0.15, 0.2) is 0 Å². The summed E-state index contributed by atoms with van der Waals surface area (Å²) in [4.78, 5) is 0. The number of hydrogen-bond acceptors (Lipinski definition) is 1. The molecule has 1 radical (unpaired) electrons. The van der Waals surface area contributed by atoms with Crippen molar-refractivity contribution in [1.29, 1.82) is 0 Å². The van der Waals surface area contributed by atoms with Gasteiger partial charge in [0.15, 0.2) is 0 Å². The molecule has 0 amide bonds. The van der Waals surface area contributed by atoms with Gasteiger partial charge < -0.3 is 24.7 Å². The van der Waals surface area contributed by atoms with Crippen LogP contribution in [-0.2, 0) is 21.7 Å². The largest absolute Gasteiger partial charge is 3.00 e. The van der Waals surface area contributed by atoms with Crippen LogP contribution in [0.5, 0.6) is 0 Å². The monoisotopic (exact) mass is 383 g/mol.